The maximum absolute atomic E-state index is 9.87. The number of benzene rings is 3. The number of likely N-dealkylation sites (tertiary alicyclic amines) is 1. The van der Waals surface area contributed by atoms with E-state index in [-0.39, 0.29) is 12.7 Å². The number of anilines is 2. The van der Waals surface area contributed by atoms with E-state index in [1.807, 2.05) is 55.6 Å². The first-order valence-corrected chi connectivity index (χ1v) is 15.1. The summed E-state index contributed by atoms with van der Waals surface area (Å²) in [5.41, 5.74) is 7.81. The molecular formula is C34H29Cl2N5O3. The molecule has 1 aliphatic rings. The van der Waals surface area contributed by atoms with Gasteiger partial charge in [0.05, 0.1) is 28.4 Å². The average Bonchev–Trinajstić information content (AvgIpc) is 3.64. The number of oxazole rings is 1. The number of pyridine rings is 2. The van der Waals surface area contributed by atoms with E-state index in [0.29, 0.717) is 50.6 Å². The van der Waals surface area contributed by atoms with Crippen LogP contribution in [0.15, 0.2) is 77.5 Å². The summed E-state index contributed by atoms with van der Waals surface area (Å²) < 4.78 is 6.08. The number of fused-ring (bicyclic) bond motifs is 2. The van der Waals surface area contributed by atoms with Gasteiger partial charge in [-0.2, -0.15) is 0 Å². The van der Waals surface area contributed by atoms with Gasteiger partial charge in [-0.15, -0.1) is 0 Å². The van der Waals surface area contributed by atoms with E-state index in [9.17, 15) is 10.2 Å². The molecule has 6 aromatic rings. The Balaban J connectivity index is 1.20. The van der Waals surface area contributed by atoms with E-state index in [1.54, 1.807) is 18.3 Å². The van der Waals surface area contributed by atoms with Gasteiger partial charge in [-0.3, -0.25) is 9.88 Å². The van der Waals surface area contributed by atoms with E-state index < -0.39 is 0 Å². The molecule has 10 heteroatoms. The minimum Gasteiger partial charge on any atom is -0.434 e. The molecule has 1 atom stereocenters. The molecule has 1 fully saturated rings. The fourth-order valence-corrected chi connectivity index (χ4v) is 6.42. The van der Waals surface area contributed by atoms with Gasteiger partial charge in [0.15, 0.2) is 11.4 Å². The fraction of sp³-hybridized carbons (Fsp3) is 0.206. The molecule has 3 aromatic heterocycles. The molecule has 0 saturated carbocycles. The second-order valence-electron chi connectivity index (χ2n) is 11.1. The highest BCUT2D eigenvalue weighted by Gasteiger charge is 2.21. The van der Waals surface area contributed by atoms with Crippen LogP contribution in [0.5, 0.6) is 0 Å². The Kier molecular flexibility index (Phi) is 7.70. The summed E-state index contributed by atoms with van der Waals surface area (Å²) in [4.78, 5) is 16.2. The summed E-state index contributed by atoms with van der Waals surface area (Å²) in [6.07, 6.45) is 4.19. The highest BCUT2D eigenvalue weighted by atomic mass is 35.5. The average molecular weight is 627 g/mol. The zero-order valence-electron chi connectivity index (χ0n) is 23.9. The maximum atomic E-state index is 9.87. The standard InChI is InChI=1S/C34H29Cl2N5O3/c1-19-24(4-2-5-25(19)34-40-29-14-20(18-42)13-27(35)32(29)44-34)26-6-3-7-28(30(26)36)39-33-31-22(8-10-37-33)12-21(15-38-31)16-41-11-9-23(43)17-41/h2-8,10,12-15,23,42-43H,9,11,16-18H2,1H3,(H,37,39). The molecule has 0 radical (unpaired) electrons. The van der Waals surface area contributed by atoms with Crippen molar-refractivity contribution in [3.8, 4) is 22.6 Å². The predicted octanol–water partition coefficient (Wildman–Crippen LogP) is 7.52. The molecular weight excluding hydrogens is 597 g/mol. The fourth-order valence-electron chi connectivity index (χ4n) is 5.87. The lowest BCUT2D eigenvalue weighted by Gasteiger charge is -2.16. The van der Waals surface area contributed by atoms with Crippen LogP contribution >= 0.6 is 23.2 Å². The van der Waals surface area contributed by atoms with Crippen LogP contribution in [0.4, 0.5) is 11.5 Å². The zero-order valence-corrected chi connectivity index (χ0v) is 25.4. The van der Waals surface area contributed by atoms with Gasteiger partial charge < -0.3 is 19.9 Å². The molecule has 0 bridgehead atoms. The Morgan fingerprint density at radius 2 is 1.82 bits per heavy atom. The monoisotopic (exact) mass is 625 g/mol. The quantitative estimate of drug-likeness (QED) is 0.167. The van der Waals surface area contributed by atoms with E-state index in [4.69, 9.17) is 32.6 Å². The smallest absolute Gasteiger partial charge is 0.227 e. The predicted molar refractivity (Wildman–Crippen MR) is 174 cm³/mol. The Labute approximate surface area is 263 Å². The van der Waals surface area contributed by atoms with Crippen LogP contribution in [-0.4, -0.2) is 49.3 Å². The molecule has 8 nitrogen and oxygen atoms in total. The van der Waals surface area contributed by atoms with E-state index in [1.165, 1.54) is 0 Å². The summed E-state index contributed by atoms with van der Waals surface area (Å²) in [5, 5.41) is 24.8. The second-order valence-corrected chi connectivity index (χ2v) is 11.9. The highest BCUT2D eigenvalue weighted by molar-refractivity contribution is 6.36. The molecule has 1 unspecified atom stereocenters. The van der Waals surface area contributed by atoms with Gasteiger partial charge in [-0.25, -0.2) is 9.97 Å². The lowest BCUT2D eigenvalue weighted by Crippen LogP contribution is -2.21. The first-order valence-electron chi connectivity index (χ1n) is 14.4. The number of nitrogens with zero attached hydrogens (tertiary/aromatic N) is 4. The molecule has 3 N–H and O–H groups in total. The normalized spacial score (nSPS) is 15.4. The minimum absolute atomic E-state index is 0.134. The van der Waals surface area contributed by atoms with Gasteiger partial charge in [0.25, 0.3) is 0 Å². The van der Waals surface area contributed by atoms with Gasteiger partial charge in [0.1, 0.15) is 11.0 Å². The van der Waals surface area contributed by atoms with Crippen molar-refractivity contribution in [2.45, 2.75) is 32.6 Å². The van der Waals surface area contributed by atoms with Crippen molar-refractivity contribution < 1.29 is 14.6 Å². The van der Waals surface area contributed by atoms with Gasteiger partial charge in [0.2, 0.25) is 5.89 Å². The van der Waals surface area contributed by atoms with Gasteiger partial charge in [0, 0.05) is 48.5 Å². The summed E-state index contributed by atoms with van der Waals surface area (Å²) in [7, 11) is 0. The highest BCUT2D eigenvalue weighted by Crippen LogP contribution is 2.40. The summed E-state index contributed by atoms with van der Waals surface area (Å²) in [5.74, 6) is 1.05. The van der Waals surface area contributed by atoms with Crippen molar-refractivity contribution >= 4 is 56.7 Å². The van der Waals surface area contributed by atoms with Crippen LogP contribution in [0.1, 0.15) is 23.1 Å². The number of rotatable bonds is 7. The van der Waals surface area contributed by atoms with Crippen molar-refractivity contribution in [1.29, 1.82) is 0 Å². The van der Waals surface area contributed by atoms with Crippen LogP contribution in [0.2, 0.25) is 10.0 Å². The van der Waals surface area contributed by atoms with Crippen molar-refractivity contribution in [3.63, 3.8) is 0 Å². The van der Waals surface area contributed by atoms with Crippen molar-refractivity contribution in [2.24, 2.45) is 0 Å². The third-order valence-electron chi connectivity index (χ3n) is 8.10. The molecule has 222 valence electrons. The summed E-state index contributed by atoms with van der Waals surface area (Å²) >= 11 is 13.5. The number of nitrogens with one attached hydrogen (secondary N) is 1. The number of halogens is 2. The van der Waals surface area contributed by atoms with Crippen molar-refractivity contribution in [2.75, 3.05) is 18.4 Å². The lowest BCUT2D eigenvalue weighted by atomic mass is 9.96. The molecule has 0 spiro atoms. The number of aliphatic hydroxyl groups excluding tert-OH is 2. The maximum Gasteiger partial charge on any atom is 0.227 e. The first kappa shape index (κ1) is 28.7. The summed E-state index contributed by atoms with van der Waals surface area (Å²) in [6.45, 7) is 4.19. The Morgan fingerprint density at radius 1 is 1.00 bits per heavy atom. The van der Waals surface area contributed by atoms with Crippen molar-refractivity contribution in [1.82, 2.24) is 19.9 Å². The van der Waals surface area contributed by atoms with Crippen molar-refractivity contribution in [3.05, 3.63) is 99.8 Å². The Bertz CT molecular complexity index is 2030. The molecule has 44 heavy (non-hydrogen) atoms. The molecule has 3 aromatic carbocycles. The largest absolute Gasteiger partial charge is 0.434 e. The van der Waals surface area contributed by atoms with Gasteiger partial charge >= 0.3 is 0 Å². The third kappa shape index (κ3) is 5.40. The third-order valence-corrected chi connectivity index (χ3v) is 8.79. The number of hydrogen-bond acceptors (Lipinski definition) is 8. The molecule has 7 rings (SSSR count). The van der Waals surface area contributed by atoms with Crippen LogP contribution < -0.4 is 5.32 Å². The molecule has 1 saturated heterocycles. The van der Waals surface area contributed by atoms with Crippen LogP contribution in [0.25, 0.3) is 44.6 Å². The number of hydrogen-bond donors (Lipinski definition) is 3. The topological polar surface area (TPSA) is 108 Å². The molecule has 0 aliphatic carbocycles. The van der Waals surface area contributed by atoms with E-state index in [0.717, 1.165) is 58.2 Å². The molecule has 0 amide bonds. The SMILES string of the molecule is Cc1c(-c2nc3cc(CO)cc(Cl)c3o2)cccc1-c1cccc(Nc2nccc3cc(CN4CCC(O)C4)cnc23)c1Cl. The summed E-state index contributed by atoms with van der Waals surface area (Å²) in [6, 6.07) is 19.3. The lowest BCUT2D eigenvalue weighted by molar-refractivity contribution is 0.175. The Morgan fingerprint density at radius 3 is 2.64 bits per heavy atom. The molecule has 4 heterocycles. The van der Waals surface area contributed by atoms with Gasteiger partial charge in [-0.1, -0.05) is 47.5 Å². The second kappa shape index (κ2) is 11.8. The number of aromatic nitrogens is 3. The minimum atomic E-state index is -0.253. The van der Waals surface area contributed by atoms with Crippen LogP contribution in [0.3, 0.4) is 0 Å². The molecule has 1 aliphatic heterocycles. The Hall–Kier alpha value is -4.05. The van der Waals surface area contributed by atoms with Crippen LogP contribution in [0, 0.1) is 6.92 Å². The number of aliphatic hydroxyl groups is 2. The van der Waals surface area contributed by atoms with E-state index in [2.05, 4.69) is 26.3 Å². The first-order chi connectivity index (χ1) is 21.4. The zero-order chi connectivity index (χ0) is 30.4. The number of β-amino-alcohol motifs (C(OH)–C–C–N with tert-alkyl or cyclic N) is 1. The van der Waals surface area contributed by atoms with Gasteiger partial charge in [-0.05, 0) is 72.0 Å². The van der Waals surface area contributed by atoms with Crippen LogP contribution in [-0.2, 0) is 13.2 Å². The van der Waals surface area contributed by atoms with E-state index >= 15 is 0 Å².